The normalized spacial score (nSPS) is 35.7. The van der Waals surface area contributed by atoms with Gasteiger partial charge in [0, 0.05) is 25.5 Å². The first-order chi connectivity index (χ1) is 14.4. The molecule has 4 saturated carbocycles. The molecule has 4 fully saturated rings. The molecular formula is C26H50O4Si. The largest absolute Gasteiger partial charge is 0.389 e. The van der Waals surface area contributed by atoms with Gasteiger partial charge in [0.05, 0.1) is 16.8 Å². The van der Waals surface area contributed by atoms with Crippen molar-refractivity contribution in [2.24, 2.45) is 16.7 Å². The van der Waals surface area contributed by atoms with Crippen molar-refractivity contribution in [2.75, 3.05) is 13.4 Å². The van der Waals surface area contributed by atoms with Gasteiger partial charge >= 0.3 is 0 Å². The lowest BCUT2D eigenvalue weighted by Gasteiger charge is -2.72. The number of rotatable bonds is 12. The van der Waals surface area contributed by atoms with Crippen molar-refractivity contribution in [2.45, 2.75) is 134 Å². The second-order valence-electron chi connectivity index (χ2n) is 12.7. The van der Waals surface area contributed by atoms with Gasteiger partial charge in [0.15, 0.2) is 0 Å². The fourth-order valence-corrected chi connectivity index (χ4v) is 8.91. The van der Waals surface area contributed by atoms with E-state index in [-0.39, 0.29) is 16.4 Å². The van der Waals surface area contributed by atoms with E-state index in [1.165, 1.54) is 0 Å². The van der Waals surface area contributed by atoms with Crippen molar-refractivity contribution < 1.29 is 19.7 Å². The van der Waals surface area contributed by atoms with Crippen LogP contribution in [0, 0.1) is 16.7 Å². The van der Waals surface area contributed by atoms with E-state index >= 15 is 0 Å². The van der Waals surface area contributed by atoms with Crippen molar-refractivity contribution in [3.05, 3.63) is 0 Å². The minimum atomic E-state index is -1.12. The van der Waals surface area contributed by atoms with Crippen LogP contribution in [0.3, 0.4) is 0 Å². The van der Waals surface area contributed by atoms with E-state index < -0.39 is 19.3 Å². The van der Waals surface area contributed by atoms with Crippen LogP contribution in [0.2, 0.25) is 25.7 Å². The molecule has 0 heterocycles. The fourth-order valence-electron chi connectivity index (χ4n) is 8.15. The number of ether oxygens (including phenoxy) is 2. The van der Waals surface area contributed by atoms with E-state index in [1.807, 2.05) is 0 Å². The van der Waals surface area contributed by atoms with E-state index in [1.54, 1.807) is 0 Å². The van der Waals surface area contributed by atoms with Gasteiger partial charge in [-0.3, -0.25) is 0 Å². The van der Waals surface area contributed by atoms with Crippen LogP contribution in [0.4, 0.5) is 0 Å². The molecule has 0 saturated heterocycles. The first kappa shape index (κ1) is 25.7. The molecule has 5 heteroatoms. The van der Waals surface area contributed by atoms with Crippen LogP contribution in [0.25, 0.3) is 0 Å². The van der Waals surface area contributed by atoms with Gasteiger partial charge in [-0.2, -0.15) is 0 Å². The van der Waals surface area contributed by atoms with Crippen molar-refractivity contribution in [1.29, 1.82) is 0 Å². The Morgan fingerprint density at radius 2 is 1.29 bits per heavy atom. The summed E-state index contributed by atoms with van der Waals surface area (Å²) in [6.07, 6.45) is 9.06. The van der Waals surface area contributed by atoms with Crippen LogP contribution in [0.1, 0.15) is 91.9 Å². The molecule has 2 atom stereocenters. The van der Waals surface area contributed by atoms with E-state index in [0.29, 0.717) is 12.7 Å². The molecule has 0 aromatic carbocycles. The highest BCUT2D eigenvalue weighted by Gasteiger charge is 2.71. The molecule has 2 unspecified atom stereocenters. The van der Waals surface area contributed by atoms with Crippen LogP contribution in [-0.4, -0.2) is 48.5 Å². The van der Waals surface area contributed by atoms with Crippen molar-refractivity contribution >= 4 is 8.07 Å². The smallest absolute Gasteiger partial charge is 0.147 e. The number of aliphatic hydroxyl groups is 2. The van der Waals surface area contributed by atoms with Crippen LogP contribution in [0.5, 0.6) is 0 Å². The van der Waals surface area contributed by atoms with Gasteiger partial charge in [0.2, 0.25) is 0 Å². The van der Waals surface area contributed by atoms with E-state index in [2.05, 4.69) is 47.3 Å². The maximum atomic E-state index is 11.9. The van der Waals surface area contributed by atoms with Gasteiger partial charge in [-0.05, 0) is 76.2 Å². The second kappa shape index (κ2) is 8.68. The van der Waals surface area contributed by atoms with Crippen LogP contribution in [-0.2, 0) is 9.47 Å². The molecule has 31 heavy (non-hydrogen) atoms. The Kier molecular flexibility index (Phi) is 7.19. The SMILES string of the molecule is CCC(O)(CC)C12CC3CC(OCOCC[Si](C)(C)C)(C1)CC(C(O)(CC)CC)(C3)C2. The molecule has 4 aliphatic rings. The molecule has 182 valence electrons. The maximum absolute atomic E-state index is 11.9. The van der Waals surface area contributed by atoms with Gasteiger partial charge in [-0.1, -0.05) is 47.3 Å². The lowest BCUT2D eigenvalue weighted by molar-refractivity contribution is -0.315. The molecule has 4 nitrogen and oxygen atoms in total. The lowest BCUT2D eigenvalue weighted by Crippen LogP contribution is -2.71. The standard InChI is InChI=1S/C26H50O4Si/c1-8-25(27,9-2)22-14-21-15-23(17-22,26(28,10-3)11-4)19-24(16-21,18-22)30-20-29-12-13-31(5,6)7/h21,27-28H,8-20H2,1-7H3. The van der Waals surface area contributed by atoms with Crippen molar-refractivity contribution in [3.8, 4) is 0 Å². The molecule has 0 aromatic heterocycles. The Labute approximate surface area is 192 Å². The summed E-state index contributed by atoms with van der Waals surface area (Å²) in [5, 5.41) is 23.7. The van der Waals surface area contributed by atoms with Crippen LogP contribution < -0.4 is 0 Å². The van der Waals surface area contributed by atoms with Crippen LogP contribution >= 0.6 is 0 Å². The molecule has 0 spiro atoms. The second-order valence-corrected chi connectivity index (χ2v) is 18.3. The van der Waals surface area contributed by atoms with E-state index in [0.717, 1.165) is 76.9 Å². The summed E-state index contributed by atoms with van der Waals surface area (Å²) in [5.74, 6) is 0.521. The molecule has 4 bridgehead atoms. The van der Waals surface area contributed by atoms with Gasteiger partial charge in [0.25, 0.3) is 0 Å². The topological polar surface area (TPSA) is 58.9 Å². The third-order valence-electron chi connectivity index (χ3n) is 9.78. The summed E-state index contributed by atoms with van der Waals surface area (Å²) < 4.78 is 12.6. The van der Waals surface area contributed by atoms with Crippen molar-refractivity contribution in [3.63, 3.8) is 0 Å². The summed E-state index contributed by atoms with van der Waals surface area (Å²) in [4.78, 5) is 0. The molecule has 4 rings (SSSR count). The molecule has 0 aromatic rings. The Balaban J connectivity index is 1.89. The summed E-state index contributed by atoms with van der Waals surface area (Å²) in [7, 11) is -1.12. The molecule has 0 radical (unpaired) electrons. The Morgan fingerprint density at radius 1 is 0.806 bits per heavy atom. The number of hydrogen-bond acceptors (Lipinski definition) is 4. The van der Waals surface area contributed by atoms with Gasteiger partial charge in [-0.25, -0.2) is 0 Å². The molecule has 0 aliphatic heterocycles. The average molecular weight is 455 g/mol. The molecular weight excluding hydrogens is 404 g/mol. The Hall–Kier alpha value is 0.0569. The average Bonchev–Trinajstić information content (AvgIpc) is 2.70. The summed E-state index contributed by atoms with van der Waals surface area (Å²) in [6, 6.07) is 1.15. The quantitative estimate of drug-likeness (QED) is 0.212. The fraction of sp³-hybridized carbons (Fsp3) is 1.00. The van der Waals surface area contributed by atoms with E-state index in [4.69, 9.17) is 9.47 Å². The third kappa shape index (κ3) is 4.43. The Morgan fingerprint density at radius 3 is 1.71 bits per heavy atom. The first-order valence-electron chi connectivity index (χ1n) is 13.0. The number of hydrogen-bond donors (Lipinski definition) is 2. The maximum Gasteiger partial charge on any atom is 0.147 e. The highest BCUT2D eigenvalue weighted by molar-refractivity contribution is 6.76. The Bertz CT molecular complexity index is 585. The predicted octanol–water partition coefficient (Wildman–Crippen LogP) is 6.13. The minimum Gasteiger partial charge on any atom is -0.389 e. The van der Waals surface area contributed by atoms with Crippen molar-refractivity contribution in [1.82, 2.24) is 0 Å². The monoisotopic (exact) mass is 454 g/mol. The highest BCUT2D eigenvalue weighted by atomic mass is 28.3. The van der Waals surface area contributed by atoms with Gasteiger partial charge in [-0.15, -0.1) is 0 Å². The minimum absolute atomic E-state index is 0.160. The van der Waals surface area contributed by atoms with E-state index in [9.17, 15) is 10.2 Å². The summed E-state index contributed by atoms with van der Waals surface area (Å²) >= 11 is 0. The predicted molar refractivity (Wildman–Crippen MR) is 130 cm³/mol. The lowest BCUT2D eigenvalue weighted by atomic mass is 9.36. The zero-order chi connectivity index (χ0) is 23.2. The molecule has 2 N–H and O–H groups in total. The van der Waals surface area contributed by atoms with Gasteiger partial charge in [0.1, 0.15) is 6.79 Å². The summed E-state index contributed by atoms with van der Waals surface area (Å²) in [6.45, 7) is 16.8. The third-order valence-corrected chi connectivity index (χ3v) is 11.5. The zero-order valence-corrected chi connectivity index (χ0v) is 22.5. The van der Waals surface area contributed by atoms with Gasteiger partial charge < -0.3 is 19.7 Å². The molecule has 4 aliphatic carbocycles. The van der Waals surface area contributed by atoms with Crippen LogP contribution in [0.15, 0.2) is 0 Å². The zero-order valence-electron chi connectivity index (χ0n) is 21.5. The highest BCUT2D eigenvalue weighted by Crippen LogP contribution is 2.73. The summed E-state index contributed by atoms with van der Waals surface area (Å²) in [5.41, 5.74) is -1.96. The first-order valence-corrected chi connectivity index (χ1v) is 16.7. The molecule has 0 amide bonds.